The van der Waals surface area contributed by atoms with Crippen LogP contribution < -0.4 is 10.1 Å². The molecule has 2 amide bonds. The second-order valence-electron chi connectivity index (χ2n) is 7.26. The molecule has 0 saturated heterocycles. The Morgan fingerprint density at radius 3 is 2.61 bits per heavy atom. The number of halogens is 5. The molecule has 7 nitrogen and oxygen atoms in total. The molecule has 33 heavy (non-hydrogen) atoms. The molecule has 1 aliphatic rings. The van der Waals surface area contributed by atoms with Gasteiger partial charge >= 0.3 is 12.4 Å². The molecule has 0 saturated carbocycles. The van der Waals surface area contributed by atoms with Crippen LogP contribution in [0.25, 0.3) is 5.57 Å². The topological polar surface area (TPSA) is 94.9 Å². The highest BCUT2D eigenvalue weighted by molar-refractivity contribution is 6.32. The smallest absolute Gasteiger partial charge is 0.404 e. The van der Waals surface area contributed by atoms with Gasteiger partial charge in [0.15, 0.2) is 0 Å². The van der Waals surface area contributed by atoms with Gasteiger partial charge in [0.25, 0.3) is 0 Å². The summed E-state index contributed by atoms with van der Waals surface area (Å²) in [5, 5.41) is 21.2. The zero-order chi connectivity index (χ0) is 24.2. The highest BCUT2D eigenvalue weighted by atomic mass is 35.5. The van der Waals surface area contributed by atoms with E-state index in [2.05, 4.69) is 15.0 Å². The van der Waals surface area contributed by atoms with Gasteiger partial charge in [0.2, 0.25) is 0 Å². The number of aliphatic hydroxyl groups is 2. The van der Waals surface area contributed by atoms with Crippen molar-refractivity contribution in [3.63, 3.8) is 0 Å². The molecule has 12 heteroatoms. The Kier molecular flexibility index (Phi) is 8.06. The SMILES string of the molecule is O=C(Nc1ccc(OC(F)(F)F)c(Cl)c1)N1CC=C(c2ncc(CC(O)CO)cc2Cl)CC1. The number of nitrogens with zero attached hydrogens (tertiary/aromatic N) is 2. The molecule has 1 aromatic carbocycles. The van der Waals surface area contributed by atoms with Crippen molar-refractivity contribution in [1.82, 2.24) is 9.88 Å². The summed E-state index contributed by atoms with van der Waals surface area (Å²) < 4.78 is 40.8. The molecule has 0 fully saturated rings. The molecule has 1 aliphatic heterocycles. The van der Waals surface area contributed by atoms with Crippen molar-refractivity contribution in [3.8, 4) is 5.75 Å². The van der Waals surface area contributed by atoms with Crippen LogP contribution in [0.3, 0.4) is 0 Å². The van der Waals surface area contributed by atoms with E-state index >= 15 is 0 Å². The second-order valence-corrected chi connectivity index (χ2v) is 8.08. The summed E-state index contributed by atoms with van der Waals surface area (Å²) in [6, 6.07) is 4.69. The third kappa shape index (κ3) is 6.97. The van der Waals surface area contributed by atoms with E-state index in [1.807, 2.05) is 6.08 Å². The first-order chi connectivity index (χ1) is 15.6. The number of nitrogens with one attached hydrogen (secondary N) is 1. The number of aromatic nitrogens is 1. The molecular formula is C21H20Cl2F3N3O4. The van der Waals surface area contributed by atoms with Crippen molar-refractivity contribution < 1.29 is 32.9 Å². The van der Waals surface area contributed by atoms with E-state index in [1.165, 1.54) is 17.0 Å². The van der Waals surface area contributed by atoms with Gasteiger partial charge in [-0.1, -0.05) is 29.3 Å². The molecule has 3 N–H and O–H groups in total. The number of rotatable bonds is 6. The predicted molar refractivity (Wildman–Crippen MR) is 117 cm³/mol. The Hall–Kier alpha value is -2.53. The zero-order valence-corrected chi connectivity index (χ0v) is 18.6. The molecule has 1 unspecified atom stereocenters. The summed E-state index contributed by atoms with van der Waals surface area (Å²) in [5.74, 6) is -0.561. The Balaban J connectivity index is 1.61. The van der Waals surface area contributed by atoms with Crippen LogP contribution in [0.15, 0.2) is 36.5 Å². The molecule has 0 aliphatic carbocycles. The lowest BCUT2D eigenvalue weighted by Gasteiger charge is -2.27. The van der Waals surface area contributed by atoms with Gasteiger partial charge in [-0.05, 0) is 41.8 Å². The number of anilines is 1. The number of pyridine rings is 1. The second kappa shape index (κ2) is 10.6. The third-order valence-corrected chi connectivity index (χ3v) is 5.37. The highest BCUT2D eigenvalue weighted by Crippen LogP contribution is 2.32. The van der Waals surface area contributed by atoms with Crippen LogP contribution in [0.1, 0.15) is 17.7 Å². The molecule has 178 valence electrons. The minimum atomic E-state index is -4.87. The van der Waals surface area contributed by atoms with Crippen LogP contribution in [0, 0.1) is 0 Å². The number of alkyl halides is 3. The lowest BCUT2D eigenvalue weighted by molar-refractivity contribution is -0.274. The van der Waals surface area contributed by atoms with Crippen LogP contribution in [0.5, 0.6) is 5.75 Å². The summed E-state index contributed by atoms with van der Waals surface area (Å²) in [5.41, 5.74) is 2.34. The van der Waals surface area contributed by atoms with Gasteiger partial charge in [0, 0.05) is 31.4 Å². The van der Waals surface area contributed by atoms with Gasteiger partial charge in [-0.3, -0.25) is 4.98 Å². The van der Waals surface area contributed by atoms with Gasteiger partial charge in [-0.15, -0.1) is 13.2 Å². The first kappa shape index (κ1) is 25.1. The molecule has 2 aromatic rings. The van der Waals surface area contributed by atoms with Crippen molar-refractivity contribution in [3.05, 3.63) is 57.8 Å². The highest BCUT2D eigenvalue weighted by Gasteiger charge is 2.32. The third-order valence-electron chi connectivity index (χ3n) is 4.79. The quantitative estimate of drug-likeness (QED) is 0.537. The van der Waals surface area contributed by atoms with Crippen molar-refractivity contribution in [2.24, 2.45) is 0 Å². The number of hydrogen-bond donors (Lipinski definition) is 3. The summed E-state index contributed by atoms with van der Waals surface area (Å²) >= 11 is 12.1. The summed E-state index contributed by atoms with van der Waals surface area (Å²) in [7, 11) is 0. The van der Waals surface area contributed by atoms with E-state index in [9.17, 15) is 23.1 Å². The largest absolute Gasteiger partial charge is 0.573 e. The maximum absolute atomic E-state index is 12.5. The number of aliphatic hydroxyl groups excluding tert-OH is 2. The maximum Gasteiger partial charge on any atom is 0.573 e. The van der Waals surface area contributed by atoms with Gasteiger partial charge in [0.1, 0.15) is 5.75 Å². The molecule has 0 radical (unpaired) electrons. The number of urea groups is 1. The lowest BCUT2D eigenvalue weighted by Crippen LogP contribution is -2.38. The Morgan fingerprint density at radius 1 is 1.27 bits per heavy atom. The zero-order valence-electron chi connectivity index (χ0n) is 17.1. The molecule has 1 aromatic heterocycles. The van der Waals surface area contributed by atoms with Gasteiger partial charge < -0.3 is 25.2 Å². The van der Waals surface area contributed by atoms with E-state index in [-0.39, 0.29) is 30.3 Å². The van der Waals surface area contributed by atoms with Crippen molar-refractivity contribution in [1.29, 1.82) is 0 Å². The standard InChI is InChI=1S/C21H20Cl2F3N3O4/c22-16-9-14(1-2-18(16)33-21(24,25)26)28-20(32)29-5-3-13(4-6-29)19-17(23)8-12(10-27-19)7-15(31)11-30/h1-3,8-10,15,30-31H,4-7,11H2,(H,28,32). The van der Waals surface area contributed by atoms with E-state index in [1.54, 1.807) is 12.3 Å². The minimum absolute atomic E-state index is 0.222. The summed E-state index contributed by atoms with van der Waals surface area (Å²) in [4.78, 5) is 18.4. The number of ether oxygens (including phenoxy) is 1. The van der Waals surface area contributed by atoms with Crippen LogP contribution >= 0.6 is 23.2 Å². The molecular weight excluding hydrogens is 486 g/mol. The first-order valence-electron chi connectivity index (χ1n) is 9.79. The van der Waals surface area contributed by atoms with E-state index in [0.29, 0.717) is 29.2 Å². The maximum atomic E-state index is 12.5. The average Bonchev–Trinajstić information content (AvgIpc) is 2.75. The van der Waals surface area contributed by atoms with Crippen LogP contribution in [-0.2, 0) is 6.42 Å². The minimum Gasteiger partial charge on any atom is -0.404 e. The number of carbonyl (C=O) groups is 1. The van der Waals surface area contributed by atoms with Crippen LogP contribution in [0.4, 0.5) is 23.7 Å². The van der Waals surface area contributed by atoms with E-state index in [4.69, 9.17) is 28.3 Å². The fourth-order valence-corrected chi connectivity index (χ4v) is 3.75. The normalized spacial score (nSPS) is 15.1. The van der Waals surface area contributed by atoms with Gasteiger partial charge in [0.05, 0.1) is 28.5 Å². The Labute approximate surface area is 197 Å². The van der Waals surface area contributed by atoms with Gasteiger partial charge in [-0.25, -0.2) is 4.79 Å². The molecule has 3 rings (SSSR count). The number of benzene rings is 1. The van der Waals surface area contributed by atoms with Crippen LogP contribution in [-0.4, -0.2) is 58.3 Å². The number of carbonyl (C=O) groups excluding carboxylic acids is 1. The molecule has 0 bridgehead atoms. The van der Waals surface area contributed by atoms with Crippen molar-refractivity contribution in [2.45, 2.75) is 25.3 Å². The Morgan fingerprint density at radius 2 is 2.03 bits per heavy atom. The summed E-state index contributed by atoms with van der Waals surface area (Å²) in [6.45, 7) is 0.275. The number of amides is 2. The lowest BCUT2D eigenvalue weighted by atomic mass is 10.0. The van der Waals surface area contributed by atoms with Crippen molar-refractivity contribution in [2.75, 3.05) is 25.0 Å². The fourth-order valence-electron chi connectivity index (χ4n) is 3.22. The van der Waals surface area contributed by atoms with Gasteiger partial charge in [-0.2, -0.15) is 0 Å². The Bertz CT molecular complexity index is 1050. The van der Waals surface area contributed by atoms with E-state index in [0.717, 1.165) is 11.6 Å². The molecule has 1 atom stereocenters. The van der Waals surface area contributed by atoms with Crippen LogP contribution in [0.2, 0.25) is 10.0 Å². The van der Waals surface area contributed by atoms with E-state index < -0.39 is 24.2 Å². The molecule has 2 heterocycles. The average molecular weight is 506 g/mol. The van der Waals surface area contributed by atoms with Crippen molar-refractivity contribution >= 4 is 40.5 Å². The fraction of sp³-hybridized carbons (Fsp3) is 0.333. The monoisotopic (exact) mass is 505 g/mol. The predicted octanol–water partition coefficient (Wildman–Crippen LogP) is 4.50. The molecule has 0 spiro atoms. The number of hydrogen-bond acceptors (Lipinski definition) is 5. The summed E-state index contributed by atoms with van der Waals surface area (Å²) in [6.07, 6.45) is -1.66. The first-order valence-corrected chi connectivity index (χ1v) is 10.6.